The van der Waals surface area contributed by atoms with Crippen molar-refractivity contribution in [2.24, 2.45) is 5.92 Å². The Morgan fingerprint density at radius 3 is 2.67 bits per heavy atom. The number of phenols is 1. The van der Waals surface area contributed by atoms with Crippen molar-refractivity contribution >= 4 is 17.5 Å². The first-order valence-electron chi connectivity index (χ1n) is 7.42. The Kier molecular flexibility index (Phi) is 5.12. The van der Waals surface area contributed by atoms with Gasteiger partial charge in [0.15, 0.2) is 0 Å². The molecule has 0 saturated heterocycles. The van der Waals surface area contributed by atoms with Gasteiger partial charge >= 0.3 is 0 Å². The van der Waals surface area contributed by atoms with Crippen LogP contribution in [-0.4, -0.2) is 28.3 Å². The maximum Gasteiger partial charge on any atom is 0.251 e. The van der Waals surface area contributed by atoms with Crippen LogP contribution in [0, 0.1) is 5.92 Å². The van der Waals surface area contributed by atoms with E-state index in [1.54, 1.807) is 0 Å². The molecule has 0 spiro atoms. The minimum Gasteiger partial charge on any atom is -0.506 e. The lowest BCUT2D eigenvalue weighted by atomic mass is 9.78. The third-order valence-corrected chi connectivity index (χ3v) is 4.70. The monoisotopic (exact) mass is 311 g/mol. The lowest BCUT2D eigenvalue weighted by molar-refractivity contribution is -0.00786. The van der Waals surface area contributed by atoms with Gasteiger partial charge in [-0.1, -0.05) is 24.9 Å². The Bertz CT molecular complexity index is 510. The molecule has 0 heterocycles. The van der Waals surface area contributed by atoms with Gasteiger partial charge in [-0.05, 0) is 49.8 Å². The number of halogens is 1. The van der Waals surface area contributed by atoms with Gasteiger partial charge in [0, 0.05) is 12.1 Å². The molecule has 5 heteroatoms. The van der Waals surface area contributed by atoms with Gasteiger partial charge in [-0.15, -0.1) is 0 Å². The minimum absolute atomic E-state index is 0.0512. The van der Waals surface area contributed by atoms with Gasteiger partial charge < -0.3 is 15.5 Å². The molecule has 0 unspecified atom stereocenters. The molecule has 116 valence electrons. The molecule has 21 heavy (non-hydrogen) atoms. The first-order chi connectivity index (χ1) is 9.93. The third-order valence-electron chi connectivity index (χ3n) is 4.40. The van der Waals surface area contributed by atoms with Crippen molar-refractivity contribution in [1.29, 1.82) is 0 Å². The zero-order valence-electron chi connectivity index (χ0n) is 12.2. The van der Waals surface area contributed by atoms with Gasteiger partial charge in [-0.25, -0.2) is 0 Å². The fourth-order valence-electron chi connectivity index (χ4n) is 2.79. The van der Waals surface area contributed by atoms with Crippen LogP contribution in [0.25, 0.3) is 0 Å². The second kappa shape index (κ2) is 6.67. The van der Waals surface area contributed by atoms with Crippen molar-refractivity contribution in [3.8, 4) is 5.75 Å². The van der Waals surface area contributed by atoms with Crippen LogP contribution in [0.2, 0.25) is 5.02 Å². The molecule has 0 bridgehead atoms. The van der Waals surface area contributed by atoms with Gasteiger partial charge in [0.05, 0.1) is 10.6 Å². The molecule has 3 N–H and O–H groups in total. The topological polar surface area (TPSA) is 69.6 Å². The van der Waals surface area contributed by atoms with Crippen molar-refractivity contribution in [2.75, 3.05) is 6.54 Å². The maximum atomic E-state index is 12.1. The zero-order valence-corrected chi connectivity index (χ0v) is 13.0. The SMILES string of the molecule is CCC1CCC(O)(CNC(=O)c2ccc(O)c(Cl)c2)CC1. The van der Waals surface area contributed by atoms with E-state index in [0.717, 1.165) is 32.1 Å². The molecule has 4 nitrogen and oxygen atoms in total. The summed E-state index contributed by atoms with van der Waals surface area (Å²) in [4.78, 5) is 12.1. The molecule has 2 rings (SSSR count). The quantitative estimate of drug-likeness (QED) is 0.800. The summed E-state index contributed by atoms with van der Waals surface area (Å²) in [6.45, 7) is 2.42. The molecule has 0 aromatic heterocycles. The number of aliphatic hydroxyl groups is 1. The van der Waals surface area contributed by atoms with Gasteiger partial charge in [-0.2, -0.15) is 0 Å². The lowest BCUT2D eigenvalue weighted by Gasteiger charge is -2.35. The van der Waals surface area contributed by atoms with Crippen LogP contribution in [0.5, 0.6) is 5.75 Å². The van der Waals surface area contributed by atoms with Crippen LogP contribution >= 0.6 is 11.6 Å². The van der Waals surface area contributed by atoms with E-state index in [1.165, 1.54) is 18.2 Å². The summed E-state index contributed by atoms with van der Waals surface area (Å²) in [7, 11) is 0. The van der Waals surface area contributed by atoms with E-state index in [0.29, 0.717) is 11.5 Å². The van der Waals surface area contributed by atoms with Crippen LogP contribution in [-0.2, 0) is 0 Å². The summed E-state index contributed by atoms with van der Waals surface area (Å²) >= 11 is 5.79. The first-order valence-corrected chi connectivity index (χ1v) is 7.80. The molecular weight excluding hydrogens is 290 g/mol. The Morgan fingerprint density at radius 1 is 1.43 bits per heavy atom. The molecule has 0 atom stereocenters. The van der Waals surface area contributed by atoms with Crippen molar-refractivity contribution < 1.29 is 15.0 Å². The fourth-order valence-corrected chi connectivity index (χ4v) is 2.98. The number of hydrogen-bond acceptors (Lipinski definition) is 3. The largest absolute Gasteiger partial charge is 0.506 e. The molecule has 1 aliphatic carbocycles. The number of rotatable bonds is 4. The molecule has 1 amide bonds. The van der Waals surface area contributed by atoms with E-state index in [2.05, 4.69) is 12.2 Å². The standard InChI is InChI=1S/C16H22ClNO3/c1-2-11-5-7-16(21,8-6-11)10-18-15(20)12-3-4-14(19)13(17)9-12/h3-4,9,11,19,21H,2,5-8,10H2,1H3,(H,18,20). The molecule has 1 aromatic carbocycles. The van der Waals surface area contributed by atoms with Crippen LogP contribution in [0.3, 0.4) is 0 Å². The van der Waals surface area contributed by atoms with E-state index in [4.69, 9.17) is 11.6 Å². The zero-order chi connectivity index (χ0) is 15.5. The first kappa shape index (κ1) is 16.1. The predicted molar refractivity (Wildman–Crippen MR) is 82.6 cm³/mol. The molecule has 0 aliphatic heterocycles. The highest BCUT2D eigenvalue weighted by atomic mass is 35.5. The van der Waals surface area contributed by atoms with Gasteiger partial charge in [0.1, 0.15) is 5.75 Å². The van der Waals surface area contributed by atoms with Crippen LogP contribution < -0.4 is 5.32 Å². The maximum absolute atomic E-state index is 12.1. The number of amides is 1. The van der Waals surface area contributed by atoms with E-state index < -0.39 is 5.60 Å². The number of hydrogen-bond donors (Lipinski definition) is 3. The van der Waals surface area contributed by atoms with E-state index in [1.807, 2.05) is 0 Å². The summed E-state index contributed by atoms with van der Waals surface area (Å²) < 4.78 is 0. The molecule has 1 aliphatic rings. The number of carbonyl (C=O) groups is 1. The number of benzene rings is 1. The summed E-state index contributed by atoms with van der Waals surface area (Å²) in [5.41, 5.74) is -0.425. The van der Waals surface area contributed by atoms with Gasteiger partial charge in [-0.3, -0.25) is 4.79 Å². The normalized spacial score (nSPS) is 25.6. The molecular formula is C16H22ClNO3. The number of carbonyl (C=O) groups excluding carboxylic acids is 1. The van der Waals surface area contributed by atoms with Crippen molar-refractivity contribution in [3.63, 3.8) is 0 Å². The van der Waals surface area contributed by atoms with Crippen molar-refractivity contribution in [1.82, 2.24) is 5.32 Å². The van der Waals surface area contributed by atoms with Crippen molar-refractivity contribution in [3.05, 3.63) is 28.8 Å². The molecule has 1 aromatic rings. The molecule has 1 fully saturated rings. The highest BCUT2D eigenvalue weighted by Crippen LogP contribution is 2.33. The van der Waals surface area contributed by atoms with Crippen LogP contribution in [0.1, 0.15) is 49.4 Å². The smallest absolute Gasteiger partial charge is 0.251 e. The second-order valence-corrected chi connectivity index (χ2v) is 6.33. The lowest BCUT2D eigenvalue weighted by Crippen LogP contribution is -2.45. The van der Waals surface area contributed by atoms with Gasteiger partial charge in [0.2, 0.25) is 0 Å². The Hall–Kier alpha value is -1.26. The Labute approximate surface area is 130 Å². The Morgan fingerprint density at radius 2 is 2.10 bits per heavy atom. The molecule has 1 saturated carbocycles. The average Bonchev–Trinajstić information content (AvgIpc) is 2.48. The van der Waals surface area contributed by atoms with E-state index >= 15 is 0 Å². The highest BCUT2D eigenvalue weighted by molar-refractivity contribution is 6.32. The van der Waals surface area contributed by atoms with Gasteiger partial charge in [0.25, 0.3) is 5.91 Å². The summed E-state index contributed by atoms with van der Waals surface area (Å²) in [5.74, 6) is 0.351. The molecule has 0 radical (unpaired) electrons. The summed E-state index contributed by atoms with van der Waals surface area (Å²) in [6.07, 6.45) is 4.61. The highest BCUT2D eigenvalue weighted by Gasteiger charge is 2.32. The summed E-state index contributed by atoms with van der Waals surface area (Å²) in [5, 5.41) is 22.7. The second-order valence-electron chi connectivity index (χ2n) is 5.92. The van der Waals surface area contributed by atoms with Crippen LogP contribution in [0.15, 0.2) is 18.2 Å². The van der Waals surface area contributed by atoms with Crippen molar-refractivity contribution in [2.45, 2.75) is 44.6 Å². The number of nitrogens with one attached hydrogen (secondary N) is 1. The Balaban J connectivity index is 1.90. The number of phenolic OH excluding ortho intramolecular Hbond substituents is 1. The minimum atomic E-state index is -0.804. The average molecular weight is 312 g/mol. The van der Waals surface area contributed by atoms with E-state index in [-0.39, 0.29) is 23.2 Å². The van der Waals surface area contributed by atoms with Crippen LogP contribution in [0.4, 0.5) is 0 Å². The number of aromatic hydroxyl groups is 1. The summed E-state index contributed by atoms with van der Waals surface area (Å²) in [6, 6.07) is 4.32. The predicted octanol–water partition coefficient (Wildman–Crippen LogP) is 3.11. The fraction of sp³-hybridized carbons (Fsp3) is 0.562. The third kappa shape index (κ3) is 4.11. The van der Waals surface area contributed by atoms with E-state index in [9.17, 15) is 15.0 Å².